The van der Waals surface area contributed by atoms with E-state index >= 15 is 0 Å². The molecule has 2 fully saturated rings. The van der Waals surface area contributed by atoms with Crippen molar-refractivity contribution in [2.75, 3.05) is 0 Å². The van der Waals surface area contributed by atoms with Gasteiger partial charge >= 0.3 is 0 Å². The number of rotatable bonds is 8. The van der Waals surface area contributed by atoms with Crippen molar-refractivity contribution in [3.05, 3.63) is 0 Å². The Labute approximate surface area is 115 Å². The third-order valence-corrected chi connectivity index (χ3v) is 6.08. The predicted molar refractivity (Wildman–Crippen MR) is 80.6 cm³/mol. The Morgan fingerprint density at radius 3 is 2.11 bits per heavy atom. The van der Waals surface area contributed by atoms with Crippen molar-refractivity contribution >= 4 is 0 Å². The van der Waals surface area contributed by atoms with Gasteiger partial charge in [0.1, 0.15) is 0 Å². The molecule has 0 spiro atoms. The van der Waals surface area contributed by atoms with E-state index in [1.807, 2.05) is 0 Å². The minimum absolute atomic E-state index is 1.05. The van der Waals surface area contributed by atoms with E-state index in [1.165, 1.54) is 44.9 Å². The zero-order valence-electron chi connectivity index (χ0n) is 13.0. The van der Waals surface area contributed by atoms with Crippen molar-refractivity contribution < 1.29 is 0 Å². The summed E-state index contributed by atoms with van der Waals surface area (Å²) in [6, 6.07) is 0. The Kier molecular flexibility index (Phi) is 5.57. The first-order valence-electron chi connectivity index (χ1n) is 8.77. The van der Waals surface area contributed by atoms with Gasteiger partial charge in [-0.2, -0.15) is 0 Å². The third kappa shape index (κ3) is 3.11. The fourth-order valence-corrected chi connectivity index (χ4v) is 4.75. The Balaban J connectivity index is 1.68. The van der Waals surface area contributed by atoms with Crippen molar-refractivity contribution in [3.63, 3.8) is 0 Å². The molecule has 0 aromatic heterocycles. The van der Waals surface area contributed by atoms with E-state index in [9.17, 15) is 0 Å². The van der Waals surface area contributed by atoms with Gasteiger partial charge in [-0.15, -0.1) is 0 Å². The summed E-state index contributed by atoms with van der Waals surface area (Å²) in [5.74, 6) is 5.53. The molecule has 0 N–H and O–H groups in total. The molecule has 0 aromatic rings. The molecule has 0 nitrogen and oxygen atoms in total. The van der Waals surface area contributed by atoms with E-state index in [4.69, 9.17) is 0 Å². The monoisotopic (exact) mass is 250 g/mol. The van der Waals surface area contributed by atoms with E-state index in [0.29, 0.717) is 0 Å². The molecule has 5 unspecified atom stereocenters. The van der Waals surface area contributed by atoms with Crippen LogP contribution in [0.3, 0.4) is 0 Å². The molecule has 2 aliphatic carbocycles. The van der Waals surface area contributed by atoms with Crippen LogP contribution < -0.4 is 0 Å². The van der Waals surface area contributed by atoms with Crippen molar-refractivity contribution in [1.82, 2.24) is 0 Å². The summed E-state index contributed by atoms with van der Waals surface area (Å²) < 4.78 is 0. The third-order valence-electron chi connectivity index (χ3n) is 6.08. The molecule has 0 heterocycles. The molecule has 5 atom stereocenters. The van der Waals surface area contributed by atoms with E-state index < -0.39 is 0 Å². The lowest BCUT2D eigenvalue weighted by Crippen LogP contribution is -2.35. The van der Waals surface area contributed by atoms with Gasteiger partial charge in [-0.05, 0) is 42.4 Å². The summed E-state index contributed by atoms with van der Waals surface area (Å²) in [6.07, 6.45) is 14.9. The van der Waals surface area contributed by atoms with Gasteiger partial charge in [0.05, 0.1) is 0 Å². The summed E-state index contributed by atoms with van der Waals surface area (Å²) in [5, 5.41) is 0. The van der Waals surface area contributed by atoms with E-state index in [0.717, 1.165) is 29.6 Å². The molecular weight excluding hydrogens is 216 g/mol. The van der Waals surface area contributed by atoms with Gasteiger partial charge < -0.3 is 0 Å². The fourth-order valence-electron chi connectivity index (χ4n) is 4.75. The van der Waals surface area contributed by atoms with Crippen molar-refractivity contribution in [3.8, 4) is 0 Å². The first-order chi connectivity index (χ1) is 8.77. The molecule has 2 saturated carbocycles. The maximum Gasteiger partial charge on any atom is -0.0352 e. The highest BCUT2D eigenvalue weighted by atomic mass is 14.6. The molecule has 0 saturated heterocycles. The molecule has 0 aromatic carbocycles. The fraction of sp³-hybridized carbons (Fsp3) is 1.00. The average molecular weight is 250 g/mol. The summed E-state index contributed by atoms with van der Waals surface area (Å²) in [6.45, 7) is 7.21. The Morgan fingerprint density at radius 1 is 0.722 bits per heavy atom. The largest absolute Gasteiger partial charge is 0.0654 e. The maximum absolute atomic E-state index is 2.55. The van der Waals surface area contributed by atoms with Crippen LogP contribution in [0, 0.1) is 29.6 Å². The van der Waals surface area contributed by atoms with Gasteiger partial charge in [-0.1, -0.05) is 72.1 Å². The molecule has 0 bridgehead atoms. The van der Waals surface area contributed by atoms with E-state index in [2.05, 4.69) is 20.8 Å². The van der Waals surface area contributed by atoms with Gasteiger partial charge in [0, 0.05) is 0 Å². The molecule has 106 valence electrons. The van der Waals surface area contributed by atoms with Crippen molar-refractivity contribution in [1.29, 1.82) is 0 Å². The second-order valence-electron chi connectivity index (χ2n) is 7.17. The second kappa shape index (κ2) is 6.96. The van der Waals surface area contributed by atoms with Crippen LogP contribution in [0.15, 0.2) is 0 Å². The van der Waals surface area contributed by atoms with Gasteiger partial charge in [0.2, 0.25) is 0 Å². The van der Waals surface area contributed by atoms with Crippen LogP contribution in [0.1, 0.15) is 85.0 Å². The van der Waals surface area contributed by atoms with Crippen LogP contribution in [0.4, 0.5) is 0 Å². The molecule has 18 heavy (non-hydrogen) atoms. The first kappa shape index (κ1) is 14.4. The van der Waals surface area contributed by atoms with Gasteiger partial charge in [0.15, 0.2) is 0 Å². The Bertz CT molecular complexity index is 232. The number of hydrogen-bond acceptors (Lipinski definition) is 0. The Morgan fingerprint density at radius 2 is 1.39 bits per heavy atom. The number of fused-ring (bicyclic) bond motifs is 1. The minimum atomic E-state index is 1.05. The number of hydrogen-bond donors (Lipinski definition) is 0. The van der Waals surface area contributed by atoms with Gasteiger partial charge in [-0.3, -0.25) is 0 Å². The predicted octanol–water partition coefficient (Wildman–Crippen LogP) is 6.06. The lowest BCUT2D eigenvalue weighted by Gasteiger charge is -2.42. The second-order valence-corrected chi connectivity index (χ2v) is 7.17. The highest BCUT2D eigenvalue weighted by Gasteiger charge is 2.50. The lowest BCUT2D eigenvalue weighted by molar-refractivity contribution is 0.0684. The van der Waals surface area contributed by atoms with Gasteiger partial charge in [0.25, 0.3) is 0 Å². The van der Waals surface area contributed by atoms with Crippen molar-refractivity contribution in [2.24, 2.45) is 29.6 Å². The molecule has 2 rings (SSSR count). The van der Waals surface area contributed by atoms with Crippen LogP contribution in [0.25, 0.3) is 0 Å². The van der Waals surface area contributed by atoms with Crippen LogP contribution in [-0.2, 0) is 0 Å². The number of unbranched alkanes of at least 4 members (excludes halogenated alkanes) is 4. The van der Waals surface area contributed by atoms with Gasteiger partial charge in [-0.25, -0.2) is 0 Å². The minimum Gasteiger partial charge on any atom is -0.0654 e. The van der Waals surface area contributed by atoms with Crippen LogP contribution in [-0.4, -0.2) is 0 Å². The Hall–Kier alpha value is 0. The molecular formula is C18H34. The highest BCUT2D eigenvalue weighted by molar-refractivity contribution is 4.99. The first-order valence-corrected chi connectivity index (χ1v) is 8.77. The summed E-state index contributed by atoms with van der Waals surface area (Å²) in [7, 11) is 0. The molecule has 0 heteroatoms. The zero-order valence-corrected chi connectivity index (χ0v) is 13.0. The topological polar surface area (TPSA) is 0 Å². The van der Waals surface area contributed by atoms with Crippen LogP contribution in [0.5, 0.6) is 0 Å². The normalized spacial score (nSPS) is 38.5. The quantitative estimate of drug-likeness (QED) is 0.460. The molecule has 0 aliphatic heterocycles. The van der Waals surface area contributed by atoms with Crippen LogP contribution in [0.2, 0.25) is 0 Å². The summed E-state index contributed by atoms with van der Waals surface area (Å²) >= 11 is 0. The van der Waals surface area contributed by atoms with E-state index in [-0.39, 0.29) is 0 Å². The van der Waals surface area contributed by atoms with Crippen molar-refractivity contribution in [2.45, 2.75) is 85.0 Å². The zero-order chi connectivity index (χ0) is 13.0. The maximum atomic E-state index is 2.55. The standard InChI is InChI=1S/C18H34/c1-4-6-8-9-11-16-13-17-14(3)15(10-7-5-2)12-18(16)17/h14-18H,4-13H2,1-3H3. The smallest absolute Gasteiger partial charge is 0.0352 e. The molecule has 2 aliphatic rings. The van der Waals surface area contributed by atoms with Crippen LogP contribution >= 0.6 is 0 Å². The molecule has 0 amide bonds. The average Bonchev–Trinajstić information content (AvgIpc) is 2.59. The summed E-state index contributed by atoms with van der Waals surface area (Å²) in [4.78, 5) is 0. The SMILES string of the molecule is CCCCCCC1CC2C(C)C(CCCC)CC12. The summed E-state index contributed by atoms with van der Waals surface area (Å²) in [5.41, 5.74) is 0. The molecule has 0 radical (unpaired) electrons. The highest BCUT2D eigenvalue weighted by Crippen LogP contribution is 2.58. The lowest BCUT2D eigenvalue weighted by atomic mass is 9.63. The van der Waals surface area contributed by atoms with E-state index in [1.54, 1.807) is 19.3 Å².